The van der Waals surface area contributed by atoms with Crippen LogP contribution in [0.15, 0.2) is 36.4 Å². The summed E-state index contributed by atoms with van der Waals surface area (Å²) >= 11 is 0. The van der Waals surface area contributed by atoms with E-state index in [9.17, 15) is 14.9 Å². The zero-order chi connectivity index (χ0) is 21.8. The Morgan fingerprint density at radius 3 is 2.57 bits per heavy atom. The molecule has 8 heteroatoms. The fraction of sp³-hybridized carbons (Fsp3) is 0.409. The summed E-state index contributed by atoms with van der Waals surface area (Å²) in [6.07, 6.45) is 0. The number of non-ortho nitro benzene ring substituents is 1. The lowest BCUT2D eigenvalue weighted by Crippen LogP contribution is -3.19. The number of nitro groups is 1. The maximum atomic E-state index is 12.8. The summed E-state index contributed by atoms with van der Waals surface area (Å²) in [6.45, 7) is 9.68. The molecule has 8 nitrogen and oxygen atoms in total. The maximum Gasteiger partial charge on any atom is 0.282 e. The number of nitro benzene ring substituents is 1. The van der Waals surface area contributed by atoms with Gasteiger partial charge in [-0.15, -0.1) is 0 Å². The van der Waals surface area contributed by atoms with Gasteiger partial charge in [0.15, 0.2) is 6.04 Å². The Balaban J connectivity index is 1.62. The number of amides is 1. The van der Waals surface area contributed by atoms with Crippen molar-refractivity contribution >= 4 is 23.0 Å². The molecule has 1 atom stereocenters. The third-order valence-electron chi connectivity index (χ3n) is 5.98. The molecule has 1 fully saturated rings. The predicted molar refractivity (Wildman–Crippen MR) is 117 cm³/mol. The van der Waals surface area contributed by atoms with Gasteiger partial charge < -0.3 is 19.9 Å². The summed E-state index contributed by atoms with van der Waals surface area (Å²) in [6, 6.07) is 10.3. The summed E-state index contributed by atoms with van der Waals surface area (Å²) in [5.74, 6) is 0.150. The number of aryl methyl sites for hydroxylation is 1. The van der Waals surface area contributed by atoms with Gasteiger partial charge in [0.05, 0.1) is 50.0 Å². The van der Waals surface area contributed by atoms with E-state index in [0.717, 1.165) is 26.2 Å². The average Bonchev–Trinajstić information content (AvgIpc) is 2.75. The number of methoxy groups -OCH3 is 1. The molecule has 30 heavy (non-hydrogen) atoms. The number of ether oxygens (including phenoxy) is 1. The number of carbonyl (C=O) groups is 1. The van der Waals surface area contributed by atoms with E-state index in [-0.39, 0.29) is 23.4 Å². The van der Waals surface area contributed by atoms with Crippen LogP contribution in [0.3, 0.4) is 0 Å². The average molecular weight is 413 g/mol. The van der Waals surface area contributed by atoms with E-state index in [2.05, 4.69) is 42.3 Å². The number of benzene rings is 2. The quantitative estimate of drug-likeness (QED) is 0.558. The Bertz CT molecular complexity index is 939. The third kappa shape index (κ3) is 4.54. The first-order valence-electron chi connectivity index (χ1n) is 10.1. The van der Waals surface area contributed by atoms with Crippen LogP contribution in [0.25, 0.3) is 0 Å². The number of rotatable bonds is 6. The molecule has 0 bridgehead atoms. The lowest BCUT2D eigenvalue weighted by molar-refractivity contribution is -0.914. The Labute approximate surface area is 176 Å². The van der Waals surface area contributed by atoms with Crippen LogP contribution in [-0.2, 0) is 4.79 Å². The number of anilines is 2. The topological polar surface area (TPSA) is 89.1 Å². The SMILES string of the molecule is COc1cc([N+](=O)[O-])ccc1NC(=O)[C@H](C)[NH+]1CCN(c2cccc(C)c2C)CC1. The van der Waals surface area contributed by atoms with Crippen LogP contribution < -0.4 is 19.9 Å². The van der Waals surface area contributed by atoms with E-state index < -0.39 is 4.92 Å². The van der Waals surface area contributed by atoms with Gasteiger partial charge in [0.2, 0.25) is 0 Å². The Hall–Kier alpha value is -3.13. The van der Waals surface area contributed by atoms with Gasteiger partial charge in [-0.2, -0.15) is 0 Å². The van der Waals surface area contributed by atoms with E-state index in [1.807, 2.05) is 6.92 Å². The number of hydrogen-bond donors (Lipinski definition) is 2. The Morgan fingerprint density at radius 2 is 1.93 bits per heavy atom. The van der Waals surface area contributed by atoms with Gasteiger partial charge >= 0.3 is 0 Å². The highest BCUT2D eigenvalue weighted by molar-refractivity contribution is 5.95. The number of quaternary nitrogens is 1. The first-order chi connectivity index (χ1) is 14.3. The van der Waals surface area contributed by atoms with Crippen molar-refractivity contribution in [3.8, 4) is 5.75 Å². The van der Waals surface area contributed by atoms with Crippen molar-refractivity contribution in [2.24, 2.45) is 0 Å². The van der Waals surface area contributed by atoms with E-state index >= 15 is 0 Å². The van der Waals surface area contributed by atoms with Crippen LogP contribution in [0, 0.1) is 24.0 Å². The molecule has 2 aromatic rings. The normalized spacial score (nSPS) is 15.5. The molecule has 1 amide bonds. The van der Waals surface area contributed by atoms with Crippen LogP contribution >= 0.6 is 0 Å². The Morgan fingerprint density at radius 1 is 1.23 bits per heavy atom. The molecule has 2 N–H and O–H groups in total. The van der Waals surface area contributed by atoms with Gasteiger partial charge in [-0.05, 0) is 44.0 Å². The molecule has 1 saturated heterocycles. The minimum absolute atomic E-state index is 0.0777. The standard InChI is InChI=1S/C22H28N4O4/c1-15-6-5-7-20(16(15)2)25-12-10-24(11-13-25)17(3)22(27)23-19-9-8-18(26(28)29)14-21(19)30-4/h5-9,14,17H,10-13H2,1-4H3,(H,23,27)/p+1/t17-/m0/s1. The molecule has 0 aliphatic carbocycles. The van der Waals surface area contributed by atoms with Crippen molar-refractivity contribution < 1.29 is 19.4 Å². The van der Waals surface area contributed by atoms with Gasteiger partial charge in [0, 0.05) is 11.8 Å². The molecule has 0 saturated carbocycles. The molecular weight excluding hydrogens is 384 g/mol. The van der Waals surface area contributed by atoms with Crippen molar-refractivity contribution in [1.82, 2.24) is 0 Å². The zero-order valence-electron chi connectivity index (χ0n) is 17.9. The van der Waals surface area contributed by atoms with Crippen molar-refractivity contribution in [2.45, 2.75) is 26.8 Å². The highest BCUT2D eigenvalue weighted by Crippen LogP contribution is 2.29. The molecule has 0 unspecified atom stereocenters. The summed E-state index contributed by atoms with van der Waals surface area (Å²) < 4.78 is 5.21. The maximum absolute atomic E-state index is 12.8. The van der Waals surface area contributed by atoms with Crippen molar-refractivity contribution in [3.05, 3.63) is 57.6 Å². The van der Waals surface area contributed by atoms with Gasteiger partial charge in [-0.1, -0.05) is 12.1 Å². The van der Waals surface area contributed by atoms with E-state index in [4.69, 9.17) is 4.74 Å². The fourth-order valence-corrected chi connectivity index (χ4v) is 3.87. The minimum atomic E-state index is -0.490. The lowest BCUT2D eigenvalue weighted by atomic mass is 10.1. The smallest absolute Gasteiger partial charge is 0.282 e. The second-order valence-corrected chi connectivity index (χ2v) is 7.72. The largest absolute Gasteiger partial charge is 0.494 e. The predicted octanol–water partition coefficient (Wildman–Crippen LogP) is 1.95. The van der Waals surface area contributed by atoms with Gasteiger partial charge in [0.25, 0.3) is 11.6 Å². The molecule has 0 radical (unpaired) electrons. The summed E-state index contributed by atoms with van der Waals surface area (Å²) in [5, 5.41) is 13.8. The molecule has 1 aliphatic heterocycles. The van der Waals surface area contributed by atoms with Crippen molar-refractivity contribution in [2.75, 3.05) is 43.5 Å². The van der Waals surface area contributed by atoms with Crippen LogP contribution in [0.2, 0.25) is 0 Å². The van der Waals surface area contributed by atoms with E-state index in [1.54, 1.807) is 0 Å². The van der Waals surface area contributed by atoms with E-state index in [0.29, 0.717) is 5.69 Å². The van der Waals surface area contributed by atoms with Crippen LogP contribution in [0.1, 0.15) is 18.1 Å². The van der Waals surface area contributed by atoms with E-state index in [1.165, 1.54) is 47.0 Å². The molecule has 0 aromatic heterocycles. The molecule has 160 valence electrons. The monoisotopic (exact) mass is 413 g/mol. The second-order valence-electron chi connectivity index (χ2n) is 7.72. The lowest BCUT2D eigenvalue weighted by Gasteiger charge is -2.36. The first kappa shape index (κ1) is 21.6. The van der Waals surface area contributed by atoms with Gasteiger partial charge in [0.1, 0.15) is 5.75 Å². The van der Waals surface area contributed by atoms with Gasteiger partial charge in [-0.25, -0.2) is 0 Å². The number of carbonyl (C=O) groups excluding carboxylic acids is 1. The highest BCUT2D eigenvalue weighted by atomic mass is 16.6. The number of hydrogen-bond acceptors (Lipinski definition) is 5. The summed E-state index contributed by atoms with van der Waals surface area (Å²) in [5.41, 5.74) is 4.21. The third-order valence-corrected chi connectivity index (χ3v) is 5.98. The minimum Gasteiger partial charge on any atom is -0.494 e. The fourth-order valence-electron chi connectivity index (χ4n) is 3.87. The highest BCUT2D eigenvalue weighted by Gasteiger charge is 2.30. The van der Waals surface area contributed by atoms with Crippen LogP contribution in [0.4, 0.5) is 17.1 Å². The summed E-state index contributed by atoms with van der Waals surface area (Å²) in [7, 11) is 1.43. The number of piperazine rings is 1. The van der Waals surface area contributed by atoms with Crippen LogP contribution in [-0.4, -0.2) is 50.2 Å². The van der Waals surface area contributed by atoms with Crippen molar-refractivity contribution in [1.29, 1.82) is 0 Å². The second kappa shape index (κ2) is 9.13. The molecule has 1 aliphatic rings. The first-order valence-corrected chi connectivity index (χ1v) is 10.1. The number of nitrogens with zero attached hydrogens (tertiary/aromatic N) is 2. The van der Waals surface area contributed by atoms with Gasteiger partial charge in [-0.3, -0.25) is 14.9 Å². The zero-order valence-corrected chi connectivity index (χ0v) is 17.9. The molecule has 1 heterocycles. The summed E-state index contributed by atoms with van der Waals surface area (Å²) in [4.78, 5) is 26.9. The Kier molecular flexibility index (Phi) is 6.56. The molecule has 3 rings (SSSR count). The molecule has 2 aromatic carbocycles. The van der Waals surface area contributed by atoms with Crippen LogP contribution in [0.5, 0.6) is 5.75 Å². The number of nitrogens with one attached hydrogen (secondary N) is 2. The molecular formula is C22H29N4O4+. The van der Waals surface area contributed by atoms with Crippen molar-refractivity contribution in [3.63, 3.8) is 0 Å². The molecule has 0 spiro atoms.